The Morgan fingerprint density at radius 2 is 1.55 bits per heavy atom. The number of aromatic nitrogens is 2. The molecule has 2 heterocycles. The van der Waals surface area contributed by atoms with Gasteiger partial charge in [0.1, 0.15) is 12.3 Å². The fraction of sp³-hybridized carbons (Fsp3) is 0.143. The minimum Gasteiger partial charge on any atom is -0.473 e. The molecule has 3 aromatic rings. The second-order valence-electron chi connectivity index (χ2n) is 5.55. The van der Waals surface area contributed by atoms with Gasteiger partial charge in [-0.05, 0) is 17.7 Å². The Hall–Kier alpha value is -3.94. The molecule has 0 spiro atoms. The van der Waals surface area contributed by atoms with Crippen molar-refractivity contribution in [3.8, 4) is 5.88 Å². The molecule has 8 heteroatoms. The lowest BCUT2D eigenvalue weighted by Gasteiger charge is -2.06. The van der Waals surface area contributed by atoms with E-state index < -0.39 is 11.9 Å². The van der Waals surface area contributed by atoms with Gasteiger partial charge in [0.05, 0.1) is 14.2 Å². The van der Waals surface area contributed by atoms with Crippen LogP contribution in [0.15, 0.2) is 71.5 Å². The number of benzene rings is 1. The van der Waals surface area contributed by atoms with Crippen LogP contribution < -0.4 is 10.3 Å². The van der Waals surface area contributed by atoms with E-state index in [1.165, 1.54) is 32.4 Å². The highest BCUT2D eigenvalue weighted by molar-refractivity contribution is 5.87. The molecule has 0 amide bonds. The van der Waals surface area contributed by atoms with Crippen molar-refractivity contribution in [2.45, 2.75) is 6.61 Å². The molecule has 0 atom stereocenters. The van der Waals surface area contributed by atoms with Crippen LogP contribution in [0.25, 0.3) is 0 Å². The molecule has 0 saturated heterocycles. The van der Waals surface area contributed by atoms with E-state index in [1.807, 2.05) is 30.3 Å². The zero-order chi connectivity index (χ0) is 21.1. The molecule has 0 saturated carbocycles. The first kappa shape index (κ1) is 21.4. The standard InChI is InChI=1S/C14H13NO3.C7H7NO3/c1-17-14(16)12-8-5-9-13(15-12)18-10-11-6-3-2-4-7-11;1-11-7(10)5-3-2-4-6(9)8-5/h2-9H,10H2,1H3;2-4H,1H3,(H,8,9). The first-order chi connectivity index (χ1) is 14.0. The van der Waals surface area contributed by atoms with E-state index in [0.29, 0.717) is 12.5 Å². The van der Waals surface area contributed by atoms with Crippen molar-refractivity contribution >= 4 is 11.9 Å². The number of carbonyl (C=O) groups is 2. The topological polar surface area (TPSA) is 108 Å². The molecule has 0 bridgehead atoms. The van der Waals surface area contributed by atoms with E-state index in [2.05, 4.69) is 19.4 Å². The molecule has 1 aromatic carbocycles. The van der Waals surface area contributed by atoms with Gasteiger partial charge in [0.15, 0.2) is 5.69 Å². The number of H-pyrrole nitrogens is 1. The van der Waals surface area contributed by atoms with Gasteiger partial charge in [-0.15, -0.1) is 0 Å². The first-order valence-corrected chi connectivity index (χ1v) is 8.53. The molecule has 0 radical (unpaired) electrons. The van der Waals surface area contributed by atoms with Crippen LogP contribution in [-0.4, -0.2) is 36.1 Å². The number of nitrogens with one attached hydrogen (secondary N) is 1. The molecule has 0 aliphatic rings. The lowest BCUT2D eigenvalue weighted by molar-refractivity contribution is 0.0584. The molecule has 0 aliphatic carbocycles. The summed E-state index contributed by atoms with van der Waals surface area (Å²) in [6, 6.07) is 19.0. The molecule has 150 valence electrons. The lowest BCUT2D eigenvalue weighted by atomic mass is 10.2. The number of ether oxygens (including phenoxy) is 3. The third-order valence-corrected chi connectivity index (χ3v) is 3.52. The van der Waals surface area contributed by atoms with Crippen molar-refractivity contribution in [3.63, 3.8) is 0 Å². The molecule has 0 aliphatic heterocycles. The van der Waals surface area contributed by atoms with Crippen molar-refractivity contribution in [2.24, 2.45) is 0 Å². The van der Waals surface area contributed by atoms with Crippen LogP contribution in [0.1, 0.15) is 26.5 Å². The van der Waals surface area contributed by atoms with Gasteiger partial charge in [-0.2, -0.15) is 0 Å². The predicted molar refractivity (Wildman–Crippen MR) is 105 cm³/mol. The molecule has 2 aromatic heterocycles. The summed E-state index contributed by atoms with van der Waals surface area (Å²) in [5, 5.41) is 0. The molecule has 1 N–H and O–H groups in total. The molecule has 29 heavy (non-hydrogen) atoms. The fourth-order valence-electron chi connectivity index (χ4n) is 2.12. The average Bonchev–Trinajstić information content (AvgIpc) is 2.78. The van der Waals surface area contributed by atoms with Gasteiger partial charge in [0.2, 0.25) is 11.4 Å². The van der Waals surface area contributed by atoms with E-state index in [1.54, 1.807) is 18.2 Å². The average molecular weight is 396 g/mol. The SMILES string of the molecule is COC(=O)c1cccc(=O)[nH]1.COC(=O)c1cccc(OCc2ccccc2)n1. The Morgan fingerprint density at radius 1 is 0.862 bits per heavy atom. The van der Waals surface area contributed by atoms with Crippen LogP contribution in [0.5, 0.6) is 5.88 Å². The molecule has 0 fully saturated rings. The van der Waals surface area contributed by atoms with Crippen molar-refractivity contribution < 1.29 is 23.8 Å². The predicted octanol–water partition coefficient (Wildman–Crippen LogP) is 2.61. The van der Waals surface area contributed by atoms with Gasteiger partial charge in [0.25, 0.3) is 0 Å². The summed E-state index contributed by atoms with van der Waals surface area (Å²) in [6.45, 7) is 0.415. The smallest absolute Gasteiger partial charge is 0.356 e. The van der Waals surface area contributed by atoms with Gasteiger partial charge in [0, 0.05) is 12.1 Å². The van der Waals surface area contributed by atoms with Crippen LogP contribution in [0.4, 0.5) is 0 Å². The Bertz CT molecular complexity index is 1000. The van der Waals surface area contributed by atoms with Gasteiger partial charge >= 0.3 is 11.9 Å². The maximum absolute atomic E-state index is 11.3. The summed E-state index contributed by atoms with van der Waals surface area (Å²) in [5.74, 6) is -0.607. The minimum absolute atomic E-state index is 0.167. The second kappa shape index (κ2) is 11.0. The Morgan fingerprint density at radius 3 is 2.21 bits per heavy atom. The highest BCUT2D eigenvalue weighted by atomic mass is 16.5. The molecular formula is C21H20N2O6. The highest BCUT2D eigenvalue weighted by Crippen LogP contribution is 2.11. The maximum atomic E-state index is 11.3. The number of aromatic amines is 1. The number of carbonyl (C=O) groups excluding carboxylic acids is 2. The summed E-state index contributed by atoms with van der Waals surface area (Å²) in [6.07, 6.45) is 0. The van der Waals surface area contributed by atoms with Crippen molar-refractivity contribution in [2.75, 3.05) is 14.2 Å². The summed E-state index contributed by atoms with van der Waals surface area (Å²) < 4.78 is 14.5. The monoisotopic (exact) mass is 396 g/mol. The van der Waals surface area contributed by atoms with Crippen molar-refractivity contribution in [1.82, 2.24) is 9.97 Å². The van der Waals surface area contributed by atoms with Gasteiger partial charge in [-0.25, -0.2) is 14.6 Å². The summed E-state index contributed by atoms with van der Waals surface area (Å²) in [7, 11) is 2.58. The number of rotatable bonds is 5. The molecule has 3 rings (SSSR count). The van der Waals surface area contributed by atoms with Crippen LogP contribution in [-0.2, 0) is 16.1 Å². The largest absolute Gasteiger partial charge is 0.473 e. The zero-order valence-corrected chi connectivity index (χ0v) is 16.0. The number of methoxy groups -OCH3 is 2. The fourth-order valence-corrected chi connectivity index (χ4v) is 2.12. The number of hydrogen-bond acceptors (Lipinski definition) is 7. The molecular weight excluding hydrogens is 376 g/mol. The third-order valence-electron chi connectivity index (χ3n) is 3.52. The number of nitrogens with zero attached hydrogens (tertiary/aromatic N) is 1. The Kier molecular flexibility index (Phi) is 8.12. The first-order valence-electron chi connectivity index (χ1n) is 8.53. The lowest BCUT2D eigenvalue weighted by Crippen LogP contribution is -2.11. The number of pyridine rings is 2. The van der Waals surface area contributed by atoms with Gasteiger partial charge in [-0.3, -0.25) is 4.79 Å². The summed E-state index contributed by atoms with van der Waals surface area (Å²) >= 11 is 0. The van der Waals surface area contributed by atoms with Crippen molar-refractivity contribution in [1.29, 1.82) is 0 Å². The van der Waals surface area contributed by atoms with E-state index >= 15 is 0 Å². The highest BCUT2D eigenvalue weighted by Gasteiger charge is 2.08. The Balaban J connectivity index is 0.000000234. The van der Waals surface area contributed by atoms with Gasteiger partial charge < -0.3 is 19.2 Å². The van der Waals surface area contributed by atoms with E-state index in [-0.39, 0.29) is 16.9 Å². The summed E-state index contributed by atoms with van der Waals surface area (Å²) in [4.78, 5) is 39.1. The Labute approximate surface area is 167 Å². The van der Waals surface area contributed by atoms with Crippen LogP contribution in [0.3, 0.4) is 0 Å². The zero-order valence-electron chi connectivity index (χ0n) is 16.0. The van der Waals surface area contributed by atoms with Gasteiger partial charge in [-0.1, -0.05) is 42.5 Å². The quantitative estimate of drug-likeness (QED) is 0.661. The molecule has 0 unspecified atom stereocenters. The minimum atomic E-state index is -0.539. The van der Waals surface area contributed by atoms with Crippen LogP contribution in [0.2, 0.25) is 0 Å². The van der Waals surface area contributed by atoms with Crippen molar-refractivity contribution in [3.05, 3.63) is 94.0 Å². The van der Waals surface area contributed by atoms with E-state index in [0.717, 1.165) is 5.56 Å². The number of hydrogen-bond donors (Lipinski definition) is 1. The third kappa shape index (κ3) is 6.94. The molecule has 8 nitrogen and oxygen atoms in total. The summed E-state index contributed by atoms with van der Waals surface area (Å²) in [5.41, 5.74) is 1.14. The van der Waals surface area contributed by atoms with E-state index in [4.69, 9.17) is 4.74 Å². The second-order valence-corrected chi connectivity index (χ2v) is 5.55. The van der Waals surface area contributed by atoms with Crippen LogP contribution in [0, 0.1) is 0 Å². The number of esters is 2. The van der Waals surface area contributed by atoms with E-state index in [9.17, 15) is 14.4 Å². The normalized spacial score (nSPS) is 9.59. The van der Waals surface area contributed by atoms with Crippen LogP contribution >= 0.6 is 0 Å². The maximum Gasteiger partial charge on any atom is 0.356 e.